The van der Waals surface area contributed by atoms with Gasteiger partial charge in [-0.1, -0.05) is 23.9 Å². The highest BCUT2D eigenvalue weighted by atomic mass is 79.9. The number of para-hydroxylation sites is 1. The van der Waals surface area contributed by atoms with Gasteiger partial charge in [0, 0.05) is 0 Å². The van der Waals surface area contributed by atoms with Crippen LogP contribution in [0.15, 0.2) is 59.5 Å². The molecule has 0 bridgehead atoms. The van der Waals surface area contributed by atoms with Gasteiger partial charge in [0.25, 0.3) is 17.0 Å². The highest BCUT2D eigenvalue weighted by Gasteiger charge is 2.16. The van der Waals surface area contributed by atoms with E-state index in [0.717, 1.165) is 5.56 Å². The molecule has 3 heterocycles. The SMILES string of the molecule is COc1ccccc1-c1nnc(SCc2nnc(-c3ccc(Br)o3)o2)o1. The Morgan fingerprint density at radius 3 is 2.62 bits per heavy atom. The van der Waals surface area contributed by atoms with E-state index in [1.165, 1.54) is 11.8 Å². The van der Waals surface area contributed by atoms with E-state index in [2.05, 4.69) is 36.3 Å². The number of methoxy groups -OCH3 is 1. The summed E-state index contributed by atoms with van der Waals surface area (Å²) < 4.78 is 22.5. The van der Waals surface area contributed by atoms with Crippen LogP contribution in [0.4, 0.5) is 0 Å². The molecule has 132 valence electrons. The quantitative estimate of drug-likeness (QED) is 0.407. The van der Waals surface area contributed by atoms with E-state index >= 15 is 0 Å². The third-order valence-electron chi connectivity index (χ3n) is 3.31. The van der Waals surface area contributed by atoms with Gasteiger partial charge in [-0.3, -0.25) is 0 Å². The Morgan fingerprint density at radius 2 is 1.81 bits per heavy atom. The Labute approximate surface area is 160 Å². The fourth-order valence-corrected chi connectivity index (χ4v) is 3.07. The van der Waals surface area contributed by atoms with Crippen molar-refractivity contribution >= 4 is 27.7 Å². The van der Waals surface area contributed by atoms with Gasteiger partial charge in [-0.25, -0.2) is 0 Å². The summed E-state index contributed by atoms with van der Waals surface area (Å²) >= 11 is 4.53. The summed E-state index contributed by atoms with van der Waals surface area (Å²) in [6.07, 6.45) is 0. The molecule has 0 saturated carbocycles. The van der Waals surface area contributed by atoms with Crippen LogP contribution < -0.4 is 4.74 Å². The normalized spacial score (nSPS) is 11.0. The third-order valence-corrected chi connectivity index (χ3v) is 4.54. The second-order valence-corrected chi connectivity index (χ2v) is 6.67. The molecule has 0 amide bonds. The molecule has 4 aromatic rings. The summed E-state index contributed by atoms with van der Waals surface area (Å²) in [4.78, 5) is 0. The Balaban J connectivity index is 1.45. The number of ether oxygens (including phenoxy) is 1. The Kier molecular flexibility index (Phi) is 4.76. The minimum Gasteiger partial charge on any atom is -0.496 e. The molecule has 10 heteroatoms. The first-order valence-corrected chi connectivity index (χ1v) is 9.18. The zero-order valence-corrected chi connectivity index (χ0v) is 15.8. The van der Waals surface area contributed by atoms with Crippen LogP contribution in [0.5, 0.6) is 5.75 Å². The van der Waals surface area contributed by atoms with E-state index in [9.17, 15) is 0 Å². The highest BCUT2D eigenvalue weighted by molar-refractivity contribution is 9.10. The molecule has 0 fully saturated rings. The number of nitrogens with zero attached hydrogens (tertiary/aromatic N) is 4. The van der Waals surface area contributed by atoms with Gasteiger partial charge in [0.1, 0.15) is 5.75 Å². The Hall–Kier alpha value is -2.59. The third kappa shape index (κ3) is 3.51. The smallest absolute Gasteiger partial charge is 0.283 e. The van der Waals surface area contributed by atoms with Gasteiger partial charge >= 0.3 is 0 Å². The molecule has 3 aromatic heterocycles. The fraction of sp³-hybridized carbons (Fsp3) is 0.125. The average Bonchev–Trinajstić information content (AvgIpc) is 3.40. The summed E-state index contributed by atoms with van der Waals surface area (Å²) in [6.45, 7) is 0. The maximum Gasteiger partial charge on any atom is 0.283 e. The molecular weight excluding hydrogens is 424 g/mol. The van der Waals surface area contributed by atoms with Crippen molar-refractivity contribution in [2.24, 2.45) is 0 Å². The molecule has 0 aliphatic carbocycles. The summed E-state index contributed by atoms with van der Waals surface area (Å²) in [7, 11) is 1.59. The second kappa shape index (κ2) is 7.34. The van der Waals surface area contributed by atoms with Gasteiger partial charge in [-0.15, -0.1) is 20.4 Å². The standard InChI is InChI=1S/C16H11BrN4O4S/c1-22-10-5-3-2-4-9(10)14-19-21-16(25-14)26-8-13-18-20-15(24-13)11-6-7-12(17)23-11/h2-7H,8H2,1H3. The second-order valence-electron chi connectivity index (χ2n) is 4.97. The van der Waals surface area contributed by atoms with Crippen LogP contribution in [0.25, 0.3) is 23.1 Å². The van der Waals surface area contributed by atoms with E-state index < -0.39 is 0 Å². The summed E-state index contributed by atoms with van der Waals surface area (Å²) in [5, 5.41) is 16.4. The number of halogens is 1. The van der Waals surface area contributed by atoms with Crippen LogP contribution in [0.2, 0.25) is 0 Å². The van der Waals surface area contributed by atoms with Crippen LogP contribution in [0, 0.1) is 0 Å². The number of rotatable bonds is 6. The van der Waals surface area contributed by atoms with Gasteiger partial charge in [0.05, 0.1) is 18.4 Å². The van der Waals surface area contributed by atoms with Crippen molar-refractivity contribution in [1.82, 2.24) is 20.4 Å². The minimum atomic E-state index is 0.312. The summed E-state index contributed by atoms with van der Waals surface area (Å²) in [6, 6.07) is 10.9. The van der Waals surface area contributed by atoms with E-state index in [1.807, 2.05) is 24.3 Å². The van der Waals surface area contributed by atoms with Gasteiger partial charge in [0.2, 0.25) is 5.89 Å². The first-order valence-electron chi connectivity index (χ1n) is 7.40. The molecule has 0 spiro atoms. The molecule has 0 unspecified atom stereocenters. The topological polar surface area (TPSA) is 100 Å². The number of hydrogen-bond donors (Lipinski definition) is 0. The zero-order chi connectivity index (χ0) is 17.9. The predicted octanol–water partition coefficient (Wildman–Crippen LogP) is 4.44. The maximum atomic E-state index is 5.67. The number of aromatic nitrogens is 4. The molecule has 4 rings (SSSR count). The summed E-state index contributed by atoms with van der Waals surface area (Å²) in [5.41, 5.74) is 0.734. The molecule has 0 aliphatic rings. The van der Waals surface area contributed by atoms with Crippen molar-refractivity contribution in [2.45, 2.75) is 11.0 Å². The highest BCUT2D eigenvalue weighted by Crippen LogP contribution is 2.31. The van der Waals surface area contributed by atoms with Crippen LogP contribution in [0.3, 0.4) is 0 Å². The molecule has 26 heavy (non-hydrogen) atoms. The van der Waals surface area contributed by atoms with Crippen molar-refractivity contribution in [3.05, 3.63) is 47.0 Å². The summed E-state index contributed by atoms with van der Waals surface area (Å²) in [5.74, 6) is 2.68. The van der Waals surface area contributed by atoms with Crippen LogP contribution in [0.1, 0.15) is 5.89 Å². The lowest BCUT2D eigenvalue weighted by molar-refractivity contribution is 0.411. The van der Waals surface area contributed by atoms with E-state index in [1.54, 1.807) is 19.2 Å². The number of hydrogen-bond acceptors (Lipinski definition) is 9. The van der Waals surface area contributed by atoms with E-state index in [4.69, 9.17) is 18.0 Å². The van der Waals surface area contributed by atoms with Gasteiger partial charge in [-0.05, 0) is 40.2 Å². The monoisotopic (exact) mass is 434 g/mol. The van der Waals surface area contributed by atoms with Gasteiger partial charge in [0.15, 0.2) is 10.4 Å². The first-order chi connectivity index (χ1) is 12.7. The molecule has 0 saturated heterocycles. The average molecular weight is 435 g/mol. The molecule has 8 nitrogen and oxygen atoms in total. The van der Waals surface area contributed by atoms with Gasteiger partial charge in [-0.2, -0.15) is 0 Å². The maximum absolute atomic E-state index is 5.67. The van der Waals surface area contributed by atoms with E-state index in [-0.39, 0.29) is 0 Å². The van der Waals surface area contributed by atoms with Crippen molar-refractivity contribution in [2.75, 3.05) is 7.11 Å². The van der Waals surface area contributed by atoms with Crippen molar-refractivity contribution in [3.8, 4) is 28.9 Å². The molecule has 0 aliphatic heterocycles. The van der Waals surface area contributed by atoms with Gasteiger partial charge < -0.3 is 18.0 Å². The molecule has 1 aromatic carbocycles. The lowest BCUT2D eigenvalue weighted by Gasteiger charge is -2.03. The Bertz CT molecular complexity index is 1030. The lowest BCUT2D eigenvalue weighted by Crippen LogP contribution is -1.87. The molecule has 0 atom stereocenters. The predicted molar refractivity (Wildman–Crippen MR) is 95.5 cm³/mol. The molecule has 0 radical (unpaired) electrons. The van der Waals surface area contributed by atoms with Crippen molar-refractivity contribution in [1.29, 1.82) is 0 Å². The number of furan rings is 1. The lowest BCUT2D eigenvalue weighted by atomic mass is 10.2. The van der Waals surface area contributed by atoms with Crippen LogP contribution in [-0.2, 0) is 5.75 Å². The van der Waals surface area contributed by atoms with E-state index in [0.29, 0.717) is 44.8 Å². The minimum absolute atomic E-state index is 0.312. The van der Waals surface area contributed by atoms with Crippen LogP contribution >= 0.6 is 27.7 Å². The molecule has 0 N–H and O–H groups in total. The fourth-order valence-electron chi connectivity index (χ4n) is 2.16. The van der Waals surface area contributed by atoms with Crippen molar-refractivity contribution in [3.63, 3.8) is 0 Å². The number of thioether (sulfide) groups is 1. The van der Waals surface area contributed by atoms with Crippen molar-refractivity contribution < 1.29 is 18.0 Å². The number of benzene rings is 1. The first kappa shape index (κ1) is 16.9. The zero-order valence-electron chi connectivity index (χ0n) is 13.4. The Morgan fingerprint density at radius 1 is 0.962 bits per heavy atom. The van der Waals surface area contributed by atoms with Crippen LogP contribution in [-0.4, -0.2) is 27.5 Å². The largest absolute Gasteiger partial charge is 0.496 e. The molecular formula is C16H11BrN4O4S.